The highest BCUT2D eigenvalue weighted by atomic mass is 16.5. The highest BCUT2D eigenvalue weighted by Gasteiger charge is 2.30. The summed E-state index contributed by atoms with van der Waals surface area (Å²) in [6.07, 6.45) is 4.99. The van der Waals surface area contributed by atoms with Crippen LogP contribution in [0.1, 0.15) is 19.0 Å². The average molecular weight is 209 g/mol. The number of esters is 1. The monoisotopic (exact) mass is 209 g/mol. The number of nitrogens with two attached hydrogens (primary N) is 1. The van der Waals surface area contributed by atoms with Crippen LogP contribution in [0.4, 0.5) is 0 Å². The molecule has 0 aliphatic carbocycles. The molecule has 82 valence electrons. The largest absolute Gasteiger partial charge is 0.469 e. The fraction of sp³-hybridized carbons (Fsp3) is 0.500. The Bertz CT molecular complexity index is 329. The van der Waals surface area contributed by atoms with Gasteiger partial charge in [0.05, 0.1) is 19.2 Å². The maximum absolute atomic E-state index is 11.2. The Morgan fingerprint density at radius 2 is 2.33 bits per heavy atom. The van der Waals surface area contributed by atoms with E-state index in [2.05, 4.69) is 14.7 Å². The molecule has 1 rings (SSSR count). The molecule has 0 fully saturated rings. The van der Waals surface area contributed by atoms with Gasteiger partial charge in [0.25, 0.3) is 0 Å². The van der Waals surface area contributed by atoms with Crippen LogP contribution in [-0.2, 0) is 14.9 Å². The summed E-state index contributed by atoms with van der Waals surface area (Å²) < 4.78 is 4.63. The number of aromatic nitrogens is 2. The fourth-order valence-electron chi connectivity index (χ4n) is 1.27. The van der Waals surface area contributed by atoms with Crippen LogP contribution in [0, 0.1) is 0 Å². The van der Waals surface area contributed by atoms with Crippen molar-refractivity contribution >= 4 is 5.97 Å². The van der Waals surface area contributed by atoms with E-state index in [-0.39, 0.29) is 12.4 Å². The van der Waals surface area contributed by atoms with Crippen LogP contribution in [0.15, 0.2) is 18.6 Å². The summed E-state index contributed by atoms with van der Waals surface area (Å²) in [7, 11) is 1.36. The van der Waals surface area contributed by atoms with E-state index in [1.807, 2.05) is 6.92 Å². The number of nitrogens with zero attached hydrogens (tertiary/aromatic N) is 2. The zero-order valence-corrected chi connectivity index (χ0v) is 8.93. The topological polar surface area (TPSA) is 78.1 Å². The summed E-state index contributed by atoms with van der Waals surface area (Å²) in [5.41, 5.74) is 5.86. The van der Waals surface area contributed by atoms with Gasteiger partial charge in [-0.25, -0.2) is 0 Å². The summed E-state index contributed by atoms with van der Waals surface area (Å²) in [6.45, 7) is 2.19. The minimum Gasteiger partial charge on any atom is -0.469 e. The van der Waals surface area contributed by atoms with Gasteiger partial charge < -0.3 is 10.5 Å². The molecule has 1 aromatic rings. The van der Waals surface area contributed by atoms with Crippen molar-refractivity contribution < 1.29 is 9.53 Å². The minimum atomic E-state index is -0.513. The predicted molar refractivity (Wildman–Crippen MR) is 55.1 cm³/mol. The summed E-state index contributed by atoms with van der Waals surface area (Å²) in [6, 6.07) is 0. The molecular weight excluding hydrogens is 194 g/mol. The van der Waals surface area contributed by atoms with Crippen molar-refractivity contribution in [1.82, 2.24) is 9.97 Å². The van der Waals surface area contributed by atoms with Crippen molar-refractivity contribution in [3.8, 4) is 0 Å². The molecule has 0 aliphatic rings. The summed E-state index contributed by atoms with van der Waals surface area (Å²) in [5.74, 6) is -0.298. The lowest BCUT2D eigenvalue weighted by molar-refractivity contribution is -0.142. The fourth-order valence-corrected chi connectivity index (χ4v) is 1.27. The normalized spacial score (nSPS) is 14.3. The van der Waals surface area contributed by atoms with Crippen LogP contribution >= 0.6 is 0 Å². The van der Waals surface area contributed by atoms with Crippen molar-refractivity contribution in [3.63, 3.8) is 0 Å². The zero-order chi connectivity index (χ0) is 11.3. The van der Waals surface area contributed by atoms with E-state index in [1.54, 1.807) is 18.6 Å². The number of rotatable bonds is 4. The maximum Gasteiger partial charge on any atom is 0.306 e. The van der Waals surface area contributed by atoms with Gasteiger partial charge in [-0.3, -0.25) is 14.8 Å². The first-order valence-electron chi connectivity index (χ1n) is 4.66. The summed E-state index contributed by atoms with van der Waals surface area (Å²) in [4.78, 5) is 19.4. The third kappa shape index (κ3) is 2.73. The molecule has 5 nitrogen and oxygen atoms in total. The molecule has 0 amide bonds. The van der Waals surface area contributed by atoms with Gasteiger partial charge in [0.1, 0.15) is 0 Å². The minimum absolute atomic E-state index is 0.207. The van der Waals surface area contributed by atoms with Gasteiger partial charge in [0, 0.05) is 30.6 Å². The summed E-state index contributed by atoms with van der Waals surface area (Å²) >= 11 is 0. The molecule has 0 radical (unpaired) electrons. The van der Waals surface area contributed by atoms with E-state index in [1.165, 1.54) is 7.11 Å². The second kappa shape index (κ2) is 4.84. The van der Waals surface area contributed by atoms with Crippen LogP contribution < -0.4 is 5.73 Å². The first-order valence-corrected chi connectivity index (χ1v) is 4.66. The molecule has 0 spiro atoms. The number of ether oxygens (including phenoxy) is 1. The van der Waals surface area contributed by atoms with Crippen molar-refractivity contribution in [2.45, 2.75) is 18.8 Å². The molecular formula is C10H15N3O2. The molecule has 0 aliphatic heterocycles. The van der Waals surface area contributed by atoms with Crippen molar-refractivity contribution in [1.29, 1.82) is 0 Å². The van der Waals surface area contributed by atoms with Gasteiger partial charge in [0.2, 0.25) is 0 Å². The molecule has 1 atom stereocenters. The first-order chi connectivity index (χ1) is 7.12. The number of methoxy groups -OCH3 is 1. The Labute approximate surface area is 88.7 Å². The Morgan fingerprint density at radius 3 is 2.80 bits per heavy atom. The van der Waals surface area contributed by atoms with Gasteiger partial charge in [-0.05, 0) is 0 Å². The van der Waals surface area contributed by atoms with Crippen molar-refractivity contribution in [2.75, 3.05) is 13.7 Å². The molecule has 1 heterocycles. The smallest absolute Gasteiger partial charge is 0.306 e. The number of carbonyl (C=O) groups excluding carboxylic acids is 1. The van der Waals surface area contributed by atoms with Crippen LogP contribution in [0.2, 0.25) is 0 Å². The van der Waals surface area contributed by atoms with E-state index in [4.69, 9.17) is 5.73 Å². The second-order valence-electron chi connectivity index (χ2n) is 3.61. The Kier molecular flexibility index (Phi) is 3.74. The SMILES string of the molecule is COC(=O)CC(C)(CN)c1cnccn1. The Hall–Kier alpha value is -1.49. The van der Waals surface area contributed by atoms with Gasteiger partial charge in [0.15, 0.2) is 0 Å². The third-order valence-electron chi connectivity index (χ3n) is 2.39. The lowest BCUT2D eigenvalue weighted by Crippen LogP contribution is -2.35. The van der Waals surface area contributed by atoms with Crippen LogP contribution in [-0.4, -0.2) is 29.6 Å². The van der Waals surface area contributed by atoms with E-state index < -0.39 is 5.41 Å². The molecule has 0 bridgehead atoms. The summed E-state index contributed by atoms with van der Waals surface area (Å²) in [5, 5.41) is 0. The lowest BCUT2D eigenvalue weighted by Gasteiger charge is -2.25. The van der Waals surface area contributed by atoms with E-state index in [0.717, 1.165) is 0 Å². The maximum atomic E-state index is 11.2. The second-order valence-corrected chi connectivity index (χ2v) is 3.61. The molecule has 2 N–H and O–H groups in total. The number of hydrogen-bond donors (Lipinski definition) is 1. The zero-order valence-electron chi connectivity index (χ0n) is 8.93. The molecule has 15 heavy (non-hydrogen) atoms. The van der Waals surface area contributed by atoms with Gasteiger partial charge in [-0.15, -0.1) is 0 Å². The first kappa shape index (κ1) is 11.6. The highest BCUT2D eigenvalue weighted by molar-refractivity contribution is 5.71. The average Bonchev–Trinajstić information content (AvgIpc) is 2.30. The van der Waals surface area contributed by atoms with E-state index >= 15 is 0 Å². The standard InChI is InChI=1S/C10H15N3O2/c1-10(7-11,5-9(14)15-2)8-6-12-3-4-13-8/h3-4,6H,5,7,11H2,1-2H3. The highest BCUT2D eigenvalue weighted by Crippen LogP contribution is 2.24. The van der Waals surface area contributed by atoms with Crippen LogP contribution in [0.25, 0.3) is 0 Å². The molecule has 0 saturated carbocycles. The molecule has 1 unspecified atom stereocenters. The van der Waals surface area contributed by atoms with Gasteiger partial charge >= 0.3 is 5.97 Å². The molecule has 5 heteroatoms. The van der Waals surface area contributed by atoms with Gasteiger partial charge in [-0.1, -0.05) is 6.92 Å². The molecule has 0 saturated heterocycles. The molecule has 0 aromatic carbocycles. The number of hydrogen-bond acceptors (Lipinski definition) is 5. The third-order valence-corrected chi connectivity index (χ3v) is 2.39. The van der Waals surface area contributed by atoms with Crippen LogP contribution in [0.3, 0.4) is 0 Å². The van der Waals surface area contributed by atoms with Gasteiger partial charge in [-0.2, -0.15) is 0 Å². The van der Waals surface area contributed by atoms with E-state index in [0.29, 0.717) is 12.2 Å². The van der Waals surface area contributed by atoms with Crippen molar-refractivity contribution in [2.24, 2.45) is 5.73 Å². The molecule has 1 aromatic heterocycles. The quantitative estimate of drug-likeness (QED) is 0.719. The predicted octanol–water partition coefficient (Wildman–Crippen LogP) is 0.256. The Balaban J connectivity index is 2.90. The number of carbonyl (C=O) groups is 1. The van der Waals surface area contributed by atoms with Crippen LogP contribution in [0.5, 0.6) is 0 Å². The Morgan fingerprint density at radius 1 is 1.60 bits per heavy atom. The van der Waals surface area contributed by atoms with Crippen molar-refractivity contribution in [3.05, 3.63) is 24.3 Å². The lowest BCUT2D eigenvalue weighted by atomic mass is 9.83. The van der Waals surface area contributed by atoms with E-state index in [9.17, 15) is 4.79 Å².